The Morgan fingerprint density at radius 2 is 2.00 bits per heavy atom. The maximum atomic E-state index is 5.65. The first kappa shape index (κ1) is 9.29. The van der Waals surface area contributed by atoms with Crippen LogP contribution in [-0.4, -0.2) is 5.38 Å². The maximum Gasteiger partial charge on any atom is 0.0336 e. The van der Waals surface area contributed by atoms with Crippen LogP contribution in [0.15, 0.2) is 0 Å². The summed E-state index contributed by atoms with van der Waals surface area (Å²) in [5.41, 5.74) is 0. The molecule has 1 atom stereocenters. The monoisotopic (exact) mass is 147 g/mol. The highest BCUT2D eigenvalue weighted by Gasteiger charge is 1.94. The number of hydrogen-bond acceptors (Lipinski definition) is 0. The average Bonchev–Trinajstić information content (AvgIpc) is 1.80. The molecule has 0 aromatic rings. The van der Waals surface area contributed by atoms with Crippen LogP contribution in [0.4, 0.5) is 0 Å². The summed E-state index contributed by atoms with van der Waals surface area (Å²) in [6, 6.07) is 0. The zero-order valence-corrected chi connectivity index (χ0v) is 6.95. The van der Waals surface area contributed by atoms with Gasteiger partial charge >= 0.3 is 0 Å². The first-order valence-electron chi connectivity index (χ1n) is 3.74. The summed E-state index contributed by atoms with van der Waals surface area (Å²) in [6.07, 6.45) is 6.26. The van der Waals surface area contributed by atoms with Gasteiger partial charge in [-0.15, -0.1) is 11.6 Å². The molecule has 0 fully saturated rings. The van der Waals surface area contributed by atoms with E-state index in [1.165, 1.54) is 25.7 Å². The van der Waals surface area contributed by atoms with Gasteiger partial charge in [-0.2, -0.15) is 0 Å². The summed E-state index contributed by atoms with van der Waals surface area (Å²) in [4.78, 5) is 0. The van der Waals surface area contributed by atoms with Gasteiger partial charge < -0.3 is 0 Å². The first-order valence-corrected chi connectivity index (χ1v) is 4.18. The third kappa shape index (κ3) is 8.29. The fraction of sp³-hybridized carbons (Fsp3) is 0.875. The fourth-order valence-electron chi connectivity index (χ4n) is 0.793. The molecule has 0 amide bonds. The predicted octanol–water partition coefficient (Wildman–Crippen LogP) is 3.40. The van der Waals surface area contributed by atoms with Crippen molar-refractivity contribution in [2.45, 2.75) is 44.4 Å². The molecule has 0 aliphatic carbocycles. The van der Waals surface area contributed by atoms with E-state index in [0.29, 0.717) is 0 Å². The van der Waals surface area contributed by atoms with Crippen LogP contribution in [0, 0.1) is 6.92 Å². The Labute approximate surface area is 63.6 Å². The van der Waals surface area contributed by atoms with Crippen LogP contribution in [0.1, 0.15) is 39.0 Å². The summed E-state index contributed by atoms with van der Waals surface area (Å²) in [6.45, 7) is 5.91. The second-order valence-corrected chi connectivity index (χ2v) is 3.06. The molecular weight excluding hydrogens is 132 g/mol. The summed E-state index contributed by atoms with van der Waals surface area (Å²) in [5.74, 6) is 0. The van der Waals surface area contributed by atoms with E-state index < -0.39 is 0 Å². The minimum atomic E-state index is 0.127. The van der Waals surface area contributed by atoms with Crippen LogP contribution in [0.2, 0.25) is 0 Å². The molecule has 1 heteroatoms. The number of unbranched alkanes of at least 4 members (excludes halogenated alkanes) is 3. The van der Waals surface area contributed by atoms with E-state index in [1.54, 1.807) is 0 Å². The zero-order valence-electron chi connectivity index (χ0n) is 6.20. The van der Waals surface area contributed by atoms with E-state index in [2.05, 4.69) is 13.8 Å². The quantitative estimate of drug-likeness (QED) is 0.413. The Hall–Kier alpha value is 0.290. The van der Waals surface area contributed by atoms with Crippen LogP contribution in [0.25, 0.3) is 0 Å². The molecule has 0 saturated carbocycles. The van der Waals surface area contributed by atoms with Gasteiger partial charge in [0, 0.05) is 5.38 Å². The number of halogens is 1. The van der Waals surface area contributed by atoms with Gasteiger partial charge in [-0.25, -0.2) is 0 Å². The molecule has 0 heterocycles. The molecule has 1 unspecified atom stereocenters. The second kappa shape index (κ2) is 6.41. The van der Waals surface area contributed by atoms with E-state index in [1.807, 2.05) is 0 Å². The van der Waals surface area contributed by atoms with Gasteiger partial charge in [0.2, 0.25) is 0 Å². The Balaban J connectivity index is 2.75. The smallest absolute Gasteiger partial charge is 0.0336 e. The number of hydrogen-bond donors (Lipinski definition) is 0. The molecule has 0 aliphatic heterocycles. The van der Waals surface area contributed by atoms with Crippen molar-refractivity contribution in [3.8, 4) is 0 Å². The molecule has 0 aromatic heterocycles. The van der Waals surface area contributed by atoms with E-state index >= 15 is 0 Å². The van der Waals surface area contributed by atoms with Crippen molar-refractivity contribution in [1.29, 1.82) is 0 Å². The van der Waals surface area contributed by atoms with E-state index in [4.69, 9.17) is 11.6 Å². The highest BCUT2D eigenvalue weighted by atomic mass is 35.5. The molecule has 0 N–H and O–H groups in total. The van der Waals surface area contributed by atoms with Gasteiger partial charge in [-0.05, 0) is 13.3 Å². The minimum Gasteiger partial charge on any atom is -0.123 e. The minimum absolute atomic E-state index is 0.127. The molecule has 55 valence electrons. The number of rotatable bonds is 5. The Morgan fingerprint density at radius 1 is 1.33 bits per heavy atom. The summed E-state index contributed by atoms with van der Waals surface area (Å²) in [5, 5.41) is 0.127. The normalized spacial score (nSPS) is 13.7. The maximum absolute atomic E-state index is 5.65. The van der Waals surface area contributed by atoms with Crippen molar-refractivity contribution < 1.29 is 0 Å². The third-order valence-electron chi connectivity index (χ3n) is 1.37. The molecular formula is C8H16Cl. The fourth-order valence-corrected chi connectivity index (χ4v) is 0.947. The van der Waals surface area contributed by atoms with Crippen LogP contribution < -0.4 is 0 Å². The molecule has 0 bridgehead atoms. The summed E-state index contributed by atoms with van der Waals surface area (Å²) < 4.78 is 0. The Kier molecular flexibility index (Phi) is 6.62. The number of alkyl halides is 1. The molecule has 0 aliphatic rings. The van der Waals surface area contributed by atoms with Gasteiger partial charge in [0.15, 0.2) is 0 Å². The lowest BCUT2D eigenvalue weighted by molar-refractivity contribution is 0.639. The molecule has 0 saturated heterocycles. The lowest BCUT2D eigenvalue weighted by Crippen LogP contribution is -1.89. The zero-order chi connectivity index (χ0) is 7.11. The van der Waals surface area contributed by atoms with E-state index in [9.17, 15) is 0 Å². The molecule has 9 heavy (non-hydrogen) atoms. The lowest BCUT2D eigenvalue weighted by Gasteiger charge is -1.99. The summed E-state index contributed by atoms with van der Waals surface area (Å²) in [7, 11) is 0. The van der Waals surface area contributed by atoms with Crippen molar-refractivity contribution >= 4 is 11.6 Å². The van der Waals surface area contributed by atoms with Crippen molar-refractivity contribution in [2.75, 3.05) is 0 Å². The molecule has 1 radical (unpaired) electrons. The van der Waals surface area contributed by atoms with Crippen molar-refractivity contribution in [3.63, 3.8) is 0 Å². The third-order valence-corrected chi connectivity index (χ3v) is 1.59. The van der Waals surface area contributed by atoms with Crippen molar-refractivity contribution in [2.24, 2.45) is 0 Å². The van der Waals surface area contributed by atoms with Crippen molar-refractivity contribution in [1.82, 2.24) is 0 Å². The standard InChI is InChI=1S/C8H16Cl/c1-3-4-5-6-7-8(2)9/h8H,2-7H2,1H3. The van der Waals surface area contributed by atoms with Gasteiger partial charge in [-0.1, -0.05) is 32.6 Å². The summed E-state index contributed by atoms with van der Waals surface area (Å²) >= 11 is 5.65. The first-order chi connectivity index (χ1) is 4.27. The Morgan fingerprint density at radius 3 is 2.44 bits per heavy atom. The van der Waals surface area contributed by atoms with Gasteiger partial charge in [0.25, 0.3) is 0 Å². The molecule has 0 nitrogen and oxygen atoms in total. The average molecular weight is 148 g/mol. The lowest BCUT2D eigenvalue weighted by atomic mass is 10.1. The van der Waals surface area contributed by atoms with Gasteiger partial charge in [0.05, 0.1) is 0 Å². The van der Waals surface area contributed by atoms with Crippen LogP contribution in [-0.2, 0) is 0 Å². The molecule has 0 spiro atoms. The Bertz CT molecular complexity index is 50.5. The van der Waals surface area contributed by atoms with Crippen LogP contribution in [0.3, 0.4) is 0 Å². The van der Waals surface area contributed by atoms with Gasteiger partial charge in [0.1, 0.15) is 0 Å². The second-order valence-electron chi connectivity index (χ2n) is 2.45. The highest BCUT2D eigenvalue weighted by Crippen LogP contribution is 2.08. The SMILES string of the molecule is [CH2]C(Cl)CCCCCC. The predicted molar refractivity (Wildman–Crippen MR) is 43.8 cm³/mol. The van der Waals surface area contributed by atoms with Crippen LogP contribution >= 0.6 is 11.6 Å². The molecule has 0 rings (SSSR count). The topological polar surface area (TPSA) is 0 Å². The van der Waals surface area contributed by atoms with Crippen LogP contribution in [0.5, 0.6) is 0 Å². The highest BCUT2D eigenvalue weighted by molar-refractivity contribution is 6.21. The van der Waals surface area contributed by atoms with E-state index in [0.717, 1.165) is 6.42 Å². The van der Waals surface area contributed by atoms with Gasteiger partial charge in [-0.3, -0.25) is 0 Å². The van der Waals surface area contributed by atoms with Crippen molar-refractivity contribution in [3.05, 3.63) is 6.92 Å². The van der Waals surface area contributed by atoms with E-state index in [-0.39, 0.29) is 5.38 Å². The largest absolute Gasteiger partial charge is 0.123 e. The molecule has 0 aromatic carbocycles.